The third-order valence-corrected chi connectivity index (χ3v) is 3.20. The summed E-state index contributed by atoms with van der Waals surface area (Å²) < 4.78 is 0. The molecule has 0 saturated heterocycles. The Bertz CT molecular complexity index is 448. The van der Waals surface area contributed by atoms with E-state index < -0.39 is 0 Å². The zero-order valence-corrected chi connectivity index (χ0v) is 11.1. The quantitative estimate of drug-likeness (QED) is 0.876. The van der Waals surface area contributed by atoms with E-state index in [4.69, 9.17) is 5.26 Å². The Morgan fingerprint density at radius 1 is 1.44 bits per heavy atom. The fourth-order valence-corrected chi connectivity index (χ4v) is 2.28. The predicted molar refractivity (Wildman–Crippen MR) is 75.0 cm³/mol. The monoisotopic (exact) mass is 244 g/mol. The summed E-state index contributed by atoms with van der Waals surface area (Å²) in [6.07, 6.45) is 1.16. The van der Waals surface area contributed by atoms with Crippen LogP contribution in [0.1, 0.15) is 12.0 Å². The van der Waals surface area contributed by atoms with Crippen LogP contribution in [0.15, 0.2) is 18.2 Å². The minimum Gasteiger partial charge on any atom is -0.382 e. The molecule has 0 unspecified atom stereocenters. The average molecular weight is 244 g/mol. The van der Waals surface area contributed by atoms with Crippen LogP contribution >= 0.6 is 0 Å². The van der Waals surface area contributed by atoms with E-state index in [1.807, 2.05) is 12.1 Å². The van der Waals surface area contributed by atoms with Crippen LogP contribution in [-0.4, -0.2) is 45.2 Å². The van der Waals surface area contributed by atoms with Gasteiger partial charge in [0.1, 0.15) is 0 Å². The smallest absolute Gasteiger partial charge is 0.0992 e. The lowest BCUT2D eigenvalue weighted by Gasteiger charge is -2.32. The van der Waals surface area contributed by atoms with Gasteiger partial charge in [-0.15, -0.1) is 0 Å². The van der Waals surface area contributed by atoms with Crippen molar-refractivity contribution in [3.05, 3.63) is 23.8 Å². The van der Waals surface area contributed by atoms with Gasteiger partial charge in [0.15, 0.2) is 0 Å². The molecule has 0 spiro atoms. The van der Waals surface area contributed by atoms with Crippen molar-refractivity contribution < 1.29 is 0 Å². The van der Waals surface area contributed by atoms with Crippen molar-refractivity contribution in [2.45, 2.75) is 6.42 Å². The highest BCUT2D eigenvalue weighted by Gasteiger charge is 2.16. The number of hydrogen-bond acceptors (Lipinski definition) is 4. The van der Waals surface area contributed by atoms with Gasteiger partial charge in [-0.05, 0) is 45.3 Å². The molecule has 2 rings (SSSR count). The molecule has 0 atom stereocenters. The number of anilines is 2. The van der Waals surface area contributed by atoms with Gasteiger partial charge in [-0.3, -0.25) is 0 Å². The lowest BCUT2D eigenvalue weighted by molar-refractivity contribution is 0.400. The lowest BCUT2D eigenvalue weighted by atomic mass is 10.1. The Balaban J connectivity index is 2.06. The third kappa shape index (κ3) is 2.93. The van der Waals surface area contributed by atoms with Crippen molar-refractivity contribution in [2.75, 3.05) is 50.5 Å². The Morgan fingerprint density at radius 3 is 3.00 bits per heavy atom. The molecule has 1 N–H and O–H groups in total. The number of nitrogens with zero attached hydrogens (tertiary/aromatic N) is 3. The van der Waals surface area contributed by atoms with E-state index in [0.717, 1.165) is 43.9 Å². The van der Waals surface area contributed by atoms with E-state index >= 15 is 0 Å². The summed E-state index contributed by atoms with van der Waals surface area (Å²) in [6.45, 7) is 4.16. The van der Waals surface area contributed by atoms with Crippen LogP contribution in [0.2, 0.25) is 0 Å². The van der Waals surface area contributed by atoms with Crippen molar-refractivity contribution in [3.63, 3.8) is 0 Å². The molecule has 1 aromatic rings. The van der Waals surface area contributed by atoms with Crippen molar-refractivity contribution in [1.82, 2.24) is 4.90 Å². The van der Waals surface area contributed by atoms with E-state index in [-0.39, 0.29) is 0 Å². The number of nitriles is 1. The normalized spacial score (nSPS) is 14.0. The number of fused-ring (bicyclic) bond motifs is 1. The molecule has 0 aromatic heterocycles. The molecule has 1 aromatic carbocycles. The zero-order chi connectivity index (χ0) is 13.0. The summed E-state index contributed by atoms with van der Waals surface area (Å²) in [4.78, 5) is 4.61. The molecule has 0 bridgehead atoms. The molecule has 1 heterocycles. The SMILES string of the molecule is CN(C)CCCN1CCNc2cc(C#N)ccc21. The third-order valence-electron chi connectivity index (χ3n) is 3.20. The summed E-state index contributed by atoms with van der Waals surface area (Å²) in [5.41, 5.74) is 3.03. The number of nitrogens with one attached hydrogen (secondary N) is 1. The second-order valence-corrected chi connectivity index (χ2v) is 4.91. The highest BCUT2D eigenvalue weighted by molar-refractivity contribution is 5.73. The van der Waals surface area contributed by atoms with Crippen molar-refractivity contribution in [2.24, 2.45) is 0 Å². The van der Waals surface area contributed by atoms with Crippen LogP contribution in [0.25, 0.3) is 0 Å². The summed E-state index contributed by atoms with van der Waals surface area (Å²) in [5, 5.41) is 12.3. The van der Waals surface area contributed by atoms with Gasteiger partial charge < -0.3 is 15.1 Å². The second kappa shape index (κ2) is 5.74. The predicted octanol–water partition coefficient (Wildman–Crippen LogP) is 1.74. The molecular formula is C14H20N4. The van der Waals surface area contributed by atoms with Gasteiger partial charge in [-0.25, -0.2) is 0 Å². The molecule has 1 aliphatic rings. The van der Waals surface area contributed by atoms with Crippen molar-refractivity contribution in [3.8, 4) is 6.07 Å². The average Bonchev–Trinajstić information content (AvgIpc) is 2.38. The maximum atomic E-state index is 8.91. The van der Waals surface area contributed by atoms with Gasteiger partial charge in [0.05, 0.1) is 23.0 Å². The highest BCUT2D eigenvalue weighted by Crippen LogP contribution is 2.29. The first-order valence-corrected chi connectivity index (χ1v) is 6.38. The molecule has 0 saturated carbocycles. The van der Waals surface area contributed by atoms with E-state index in [9.17, 15) is 0 Å². The number of rotatable bonds is 4. The van der Waals surface area contributed by atoms with Crippen molar-refractivity contribution >= 4 is 11.4 Å². The molecule has 0 aliphatic carbocycles. The van der Waals surface area contributed by atoms with Gasteiger partial charge in [0.2, 0.25) is 0 Å². The zero-order valence-electron chi connectivity index (χ0n) is 11.1. The van der Waals surface area contributed by atoms with Gasteiger partial charge in [-0.1, -0.05) is 0 Å². The Hall–Kier alpha value is -1.73. The van der Waals surface area contributed by atoms with Crippen LogP contribution in [-0.2, 0) is 0 Å². The lowest BCUT2D eigenvalue weighted by Crippen LogP contribution is -2.35. The summed E-state index contributed by atoms with van der Waals surface area (Å²) in [7, 11) is 4.20. The van der Waals surface area contributed by atoms with Gasteiger partial charge in [-0.2, -0.15) is 5.26 Å². The molecule has 4 nitrogen and oxygen atoms in total. The molecule has 96 valence electrons. The maximum Gasteiger partial charge on any atom is 0.0992 e. The maximum absolute atomic E-state index is 8.91. The van der Waals surface area contributed by atoms with Crippen LogP contribution in [0.5, 0.6) is 0 Å². The topological polar surface area (TPSA) is 42.3 Å². The first-order valence-electron chi connectivity index (χ1n) is 6.38. The van der Waals surface area contributed by atoms with E-state index in [1.165, 1.54) is 5.69 Å². The number of benzene rings is 1. The molecular weight excluding hydrogens is 224 g/mol. The standard InChI is InChI=1S/C14H20N4/c1-17(2)7-3-8-18-9-6-16-13-10-12(11-15)4-5-14(13)18/h4-5,10,16H,3,6-9H2,1-2H3. The second-order valence-electron chi connectivity index (χ2n) is 4.91. The summed E-state index contributed by atoms with van der Waals surface area (Å²) >= 11 is 0. The molecule has 18 heavy (non-hydrogen) atoms. The van der Waals surface area contributed by atoms with E-state index in [2.05, 4.69) is 41.3 Å². The fourth-order valence-electron chi connectivity index (χ4n) is 2.28. The first-order chi connectivity index (χ1) is 8.70. The summed E-state index contributed by atoms with van der Waals surface area (Å²) in [5.74, 6) is 0. The van der Waals surface area contributed by atoms with E-state index in [1.54, 1.807) is 0 Å². The molecule has 4 heteroatoms. The molecule has 0 fully saturated rings. The molecule has 0 amide bonds. The number of hydrogen-bond donors (Lipinski definition) is 1. The van der Waals surface area contributed by atoms with Crippen molar-refractivity contribution in [1.29, 1.82) is 5.26 Å². The molecule has 1 aliphatic heterocycles. The van der Waals surface area contributed by atoms with Crippen LogP contribution < -0.4 is 10.2 Å². The minimum absolute atomic E-state index is 0.719. The van der Waals surface area contributed by atoms with Gasteiger partial charge >= 0.3 is 0 Å². The van der Waals surface area contributed by atoms with Gasteiger partial charge in [0, 0.05) is 19.6 Å². The Morgan fingerprint density at radius 2 is 2.28 bits per heavy atom. The first kappa shape index (κ1) is 12.7. The Labute approximate surface area is 109 Å². The fraction of sp³-hybridized carbons (Fsp3) is 0.500. The van der Waals surface area contributed by atoms with Crippen LogP contribution in [0, 0.1) is 11.3 Å². The Kier molecular flexibility index (Phi) is 4.06. The van der Waals surface area contributed by atoms with Gasteiger partial charge in [0.25, 0.3) is 0 Å². The molecule has 0 radical (unpaired) electrons. The van der Waals surface area contributed by atoms with E-state index in [0.29, 0.717) is 0 Å². The van der Waals surface area contributed by atoms with Crippen LogP contribution in [0.4, 0.5) is 11.4 Å². The highest BCUT2D eigenvalue weighted by atomic mass is 15.2. The largest absolute Gasteiger partial charge is 0.382 e. The van der Waals surface area contributed by atoms with Crippen LogP contribution in [0.3, 0.4) is 0 Å². The summed E-state index contributed by atoms with van der Waals surface area (Å²) in [6, 6.07) is 8.07. The minimum atomic E-state index is 0.719.